The molecule has 3 heterocycles. The van der Waals surface area contributed by atoms with Gasteiger partial charge < -0.3 is 9.97 Å². The van der Waals surface area contributed by atoms with Crippen LogP contribution in [-0.2, 0) is 23.1 Å². The van der Waals surface area contributed by atoms with Crippen molar-refractivity contribution >= 4 is 21.1 Å². The highest BCUT2D eigenvalue weighted by Gasteiger charge is 2.31. The lowest BCUT2D eigenvalue weighted by Crippen LogP contribution is -2.26. The molecule has 108 valence electrons. The van der Waals surface area contributed by atoms with E-state index < -0.39 is 10.0 Å². The molecule has 0 amide bonds. The van der Waals surface area contributed by atoms with Gasteiger partial charge in [0.15, 0.2) is 0 Å². The van der Waals surface area contributed by atoms with Crippen LogP contribution in [0.1, 0.15) is 11.3 Å². The van der Waals surface area contributed by atoms with Crippen LogP contribution in [0.4, 0.5) is 0 Å². The van der Waals surface area contributed by atoms with E-state index in [0.29, 0.717) is 17.6 Å². The number of aromatic nitrogens is 4. The maximum absolute atomic E-state index is 12.6. The van der Waals surface area contributed by atoms with E-state index in [9.17, 15) is 13.2 Å². The van der Waals surface area contributed by atoms with Crippen LogP contribution in [0.5, 0.6) is 0 Å². The van der Waals surface area contributed by atoms with Crippen molar-refractivity contribution < 1.29 is 8.42 Å². The second-order valence-electron chi connectivity index (χ2n) is 4.93. The van der Waals surface area contributed by atoms with Crippen LogP contribution in [0.2, 0.25) is 0 Å². The summed E-state index contributed by atoms with van der Waals surface area (Å²) in [5.74, 6) is 0. The molecule has 8 nitrogen and oxygen atoms in total. The van der Waals surface area contributed by atoms with Gasteiger partial charge in [-0.15, -0.1) is 0 Å². The van der Waals surface area contributed by atoms with Crippen LogP contribution < -0.4 is 5.69 Å². The molecule has 1 aromatic carbocycles. The van der Waals surface area contributed by atoms with Crippen molar-refractivity contribution in [2.24, 2.45) is 0 Å². The van der Waals surface area contributed by atoms with E-state index in [-0.39, 0.29) is 17.1 Å². The van der Waals surface area contributed by atoms with Gasteiger partial charge >= 0.3 is 5.69 Å². The molecule has 0 bridgehead atoms. The zero-order chi connectivity index (χ0) is 14.6. The highest BCUT2D eigenvalue weighted by molar-refractivity contribution is 7.89. The second-order valence-corrected chi connectivity index (χ2v) is 6.87. The molecule has 9 heteroatoms. The maximum atomic E-state index is 12.6. The van der Waals surface area contributed by atoms with Crippen LogP contribution in [0, 0.1) is 0 Å². The molecule has 1 aliphatic rings. The normalized spacial score (nSPS) is 15.6. The molecule has 0 atom stereocenters. The van der Waals surface area contributed by atoms with Gasteiger partial charge in [0.2, 0.25) is 10.0 Å². The molecule has 2 aromatic heterocycles. The molecule has 0 saturated carbocycles. The fourth-order valence-electron chi connectivity index (χ4n) is 2.52. The van der Waals surface area contributed by atoms with Crippen LogP contribution in [-0.4, -0.2) is 32.9 Å². The molecule has 1 aliphatic heterocycles. The van der Waals surface area contributed by atoms with E-state index in [1.165, 1.54) is 16.4 Å². The molecule has 3 aromatic rings. The van der Waals surface area contributed by atoms with Gasteiger partial charge in [-0.25, -0.2) is 13.2 Å². The van der Waals surface area contributed by atoms with Gasteiger partial charge in [-0.1, -0.05) is 0 Å². The zero-order valence-electron chi connectivity index (χ0n) is 10.8. The summed E-state index contributed by atoms with van der Waals surface area (Å²) < 4.78 is 26.7. The van der Waals surface area contributed by atoms with Crippen molar-refractivity contribution in [3.63, 3.8) is 0 Å². The summed E-state index contributed by atoms with van der Waals surface area (Å²) in [6, 6.07) is 4.54. The number of rotatable bonds is 2. The summed E-state index contributed by atoms with van der Waals surface area (Å²) in [7, 11) is -3.61. The molecule has 3 N–H and O–H groups in total. The molecule has 4 rings (SSSR count). The lowest BCUT2D eigenvalue weighted by molar-refractivity contribution is 0.427. The van der Waals surface area contributed by atoms with Gasteiger partial charge in [-0.2, -0.15) is 9.40 Å². The van der Waals surface area contributed by atoms with Gasteiger partial charge in [-0.3, -0.25) is 5.10 Å². The van der Waals surface area contributed by atoms with Crippen molar-refractivity contribution in [2.75, 3.05) is 0 Å². The summed E-state index contributed by atoms with van der Waals surface area (Å²) >= 11 is 0. The summed E-state index contributed by atoms with van der Waals surface area (Å²) in [6.45, 7) is 0.579. The van der Waals surface area contributed by atoms with Gasteiger partial charge in [-0.05, 0) is 18.2 Å². The van der Waals surface area contributed by atoms with E-state index in [0.717, 1.165) is 11.3 Å². The first-order chi connectivity index (χ1) is 10.0. The Morgan fingerprint density at radius 2 is 1.95 bits per heavy atom. The van der Waals surface area contributed by atoms with Crippen LogP contribution in [0.15, 0.2) is 34.1 Å². The minimum Gasteiger partial charge on any atom is -0.306 e. The van der Waals surface area contributed by atoms with Crippen LogP contribution in [0.25, 0.3) is 11.0 Å². The summed E-state index contributed by atoms with van der Waals surface area (Å²) in [5.41, 5.74) is 2.39. The Morgan fingerprint density at radius 1 is 1.14 bits per heavy atom. The van der Waals surface area contributed by atoms with Gasteiger partial charge in [0.25, 0.3) is 0 Å². The SMILES string of the molecule is O=c1[nH]c2ccc(S(=O)(=O)N3Cc4cn[nH]c4C3)cc2[nH]1. The summed E-state index contributed by atoms with van der Waals surface area (Å²) in [4.78, 5) is 16.5. The van der Waals surface area contributed by atoms with Crippen molar-refractivity contribution in [1.29, 1.82) is 0 Å². The fourth-order valence-corrected chi connectivity index (χ4v) is 3.94. The lowest BCUT2D eigenvalue weighted by atomic mass is 10.3. The van der Waals surface area contributed by atoms with E-state index in [2.05, 4.69) is 20.2 Å². The average molecular weight is 305 g/mol. The number of nitrogens with zero attached hydrogens (tertiary/aromatic N) is 2. The molecule has 0 aliphatic carbocycles. The number of fused-ring (bicyclic) bond motifs is 2. The standard InChI is InChI=1S/C12H11N5O3S/c18-12-14-9-2-1-8(3-10(9)15-12)21(19,20)17-5-7-4-13-16-11(7)6-17/h1-4H,5-6H2,(H,13,16)(H2,14,15,18). The lowest BCUT2D eigenvalue weighted by Gasteiger charge is -2.15. The molecule has 0 radical (unpaired) electrons. The Labute approximate surface area is 118 Å². The van der Waals surface area contributed by atoms with Crippen molar-refractivity contribution in [2.45, 2.75) is 18.0 Å². The van der Waals surface area contributed by atoms with E-state index in [4.69, 9.17) is 0 Å². The number of hydrogen-bond acceptors (Lipinski definition) is 4. The largest absolute Gasteiger partial charge is 0.323 e. The van der Waals surface area contributed by atoms with E-state index >= 15 is 0 Å². The van der Waals surface area contributed by atoms with Crippen molar-refractivity contribution in [1.82, 2.24) is 24.5 Å². The third-order valence-electron chi connectivity index (χ3n) is 3.61. The van der Waals surface area contributed by atoms with Gasteiger partial charge in [0.1, 0.15) is 0 Å². The Hall–Kier alpha value is -2.39. The number of aromatic amines is 3. The number of imidazole rings is 1. The summed E-state index contributed by atoms with van der Waals surface area (Å²) in [6.07, 6.45) is 1.64. The minimum atomic E-state index is -3.61. The molecule has 0 spiro atoms. The van der Waals surface area contributed by atoms with Crippen molar-refractivity contribution in [3.05, 3.63) is 46.1 Å². The van der Waals surface area contributed by atoms with Crippen LogP contribution in [0.3, 0.4) is 0 Å². The summed E-state index contributed by atoms with van der Waals surface area (Å²) in [5, 5.41) is 6.68. The zero-order valence-corrected chi connectivity index (χ0v) is 11.6. The molecular formula is C12H11N5O3S. The predicted octanol–water partition coefficient (Wildman–Crippen LogP) is 0.284. The molecule has 0 fully saturated rings. The molecule has 21 heavy (non-hydrogen) atoms. The van der Waals surface area contributed by atoms with Gasteiger partial charge in [0.05, 0.1) is 34.4 Å². The Balaban J connectivity index is 1.76. The number of sulfonamides is 1. The third kappa shape index (κ3) is 1.82. The number of benzene rings is 1. The fraction of sp³-hybridized carbons (Fsp3) is 0.167. The molecule has 0 unspecified atom stereocenters. The smallest absolute Gasteiger partial charge is 0.306 e. The number of hydrogen-bond donors (Lipinski definition) is 3. The second kappa shape index (κ2) is 4.06. The van der Waals surface area contributed by atoms with Gasteiger partial charge in [0, 0.05) is 12.1 Å². The third-order valence-corrected chi connectivity index (χ3v) is 5.40. The van der Waals surface area contributed by atoms with E-state index in [1.807, 2.05) is 0 Å². The maximum Gasteiger partial charge on any atom is 0.323 e. The quantitative estimate of drug-likeness (QED) is 0.631. The molecule has 0 saturated heterocycles. The number of nitrogens with one attached hydrogen (secondary N) is 3. The van der Waals surface area contributed by atoms with Crippen molar-refractivity contribution in [3.8, 4) is 0 Å². The first-order valence-corrected chi connectivity index (χ1v) is 7.71. The average Bonchev–Trinajstić information content (AvgIpc) is 3.09. The first kappa shape index (κ1) is 12.4. The Morgan fingerprint density at radius 3 is 2.76 bits per heavy atom. The monoisotopic (exact) mass is 305 g/mol. The number of H-pyrrole nitrogens is 3. The predicted molar refractivity (Wildman–Crippen MR) is 73.9 cm³/mol. The highest BCUT2D eigenvalue weighted by Crippen LogP contribution is 2.27. The Kier molecular flexibility index (Phi) is 2.39. The minimum absolute atomic E-state index is 0.156. The Bertz CT molecular complexity index is 977. The first-order valence-electron chi connectivity index (χ1n) is 6.27. The highest BCUT2D eigenvalue weighted by atomic mass is 32.2. The van der Waals surface area contributed by atoms with Crippen LogP contribution >= 0.6 is 0 Å². The van der Waals surface area contributed by atoms with E-state index in [1.54, 1.807) is 12.3 Å². The topological polar surface area (TPSA) is 115 Å². The molecular weight excluding hydrogens is 294 g/mol.